The van der Waals surface area contributed by atoms with Gasteiger partial charge in [0, 0.05) is 18.0 Å². The Hall–Kier alpha value is -2.89. The Morgan fingerprint density at radius 3 is 2.58 bits per heavy atom. The van der Waals surface area contributed by atoms with Crippen LogP contribution >= 0.6 is 0 Å². The van der Waals surface area contributed by atoms with Gasteiger partial charge in [0.25, 0.3) is 5.89 Å². The standard InChI is InChI=1S/C20H26N6O4S/c1-11(2)18-25-19(30-26-18)16-17(21)22-9-15(24-16)14-8-13(7-6-12(14)3)31(28,29)23-10-20(4,5)27/h6-9,11,23,27H,10H2,1-5H3,(H2,21,22). The quantitative estimate of drug-likeness (QED) is 0.495. The van der Waals surface area contributed by atoms with E-state index >= 15 is 0 Å². The van der Waals surface area contributed by atoms with E-state index in [4.69, 9.17) is 10.3 Å². The molecule has 0 fully saturated rings. The number of hydrogen-bond donors (Lipinski definition) is 3. The lowest BCUT2D eigenvalue weighted by atomic mass is 10.1. The average molecular weight is 447 g/mol. The molecule has 0 saturated heterocycles. The summed E-state index contributed by atoms with van der Waals surface area (Å²) in [5.74, 6) is 0.846. The van der Waals surface area contributed by atoms with Gasteiger partial charge in [-0.15, -0.1) is 0 Å². The minimum Gasteiger partial charge on any atom is -0.389 e. The molecule has 0 saturated carbocycles. The highest BCUT2D eigenvalue weighted by Gasteiger charge is 2.22. The van der Waals surface area contributed by atoms with Crippen LogP contribution in [0.5, 0.6) is 0 Å². The van der Waals surface area contributed by atoms with Crippen molar-refractivity contribution in [2.75, 3.05) is 12.3 Å². The molecular weight excluding hydrogens is 420 g/mol. The molecule has 1 aromatic carbocycles. The number of nitrogens with one attached hydrogen (secondary N) is 1. The van der Waals surface area contributed by atoms with Crippen LogP contribution < -0.4 is 10.5 Å². The van der Waals surface area contributed by atoms with Crippen LogP contribution in [0.2, 0.25) is 0 Å². The first-order chi connectivity index (χ1) is 14.4. The van der Waals surface area contributed by atoms with Gasteiger partial charge in [0.15, 0.2) is 17.3 Å². The van der Waals surface area contributed by atoms with Crippen LogP contribution in [-0.2, 0) is 10.0 Å². The van der Waals surface area contributed by atoms with Crippen LogP contribution in [0, 0.1) is 6.92 Å². The normalized spacial score (nSPS) is 12.5. The van der Waals surface area contributed by atoms with Crippen LogP contribution in [0.1, 0.15) is 45.0 Å². The summed E-state index contributed by atoms with van der Waals surface area (Å²) in [5, 5.41) is 13.8. The minimum atomic E-state index is -3.84. The first-order valence-corrected chi connectivity index (χ1v) is 11.2. The first kappa shape index (κ1) is 22.8. The molecule has 0 aliphatic rings. The molecule has 0 aliphatic heterocycles. The van der Waals surface area contributed by atoms with Crippen molar-refractivity contribution in [3.8, 4) is 22.8 Å². The Labute approximate surface area is 181 Å². The van der Waals surface area contributed by atoms with Gasteiger partial charge in [-0.25, -0.2) is 23.1 Å². The molecule has 0 spiro atoms. The fourth-order valence-corrected chi connectivity index (χ4v) is 3.88. The smallest absolute Gasteiger partial charge is 0.280 e. The number of benzene rings is 1. The summed E-state index contributed by atoms with van der Waals surface area (Å²) in [7, 11) is -3.84. The van der Waals surface area contributed by atoms with E-state index in [2.05, 4.69) is 24.8 Å². The molecular formula is C20H26N6O4S. The summed E-state index contributed by atoms with van der Waals surface area (Å²) in [5.41, 5.74) is 6.77. The molecule has 0 aliphatic carbocycles. The van der Waals surface area contributed by atoms with Gasteiger partial charge < -0.3 is 15.4 Å². The van der Waals surface area contributed by atoms with Crippen molar-refractivity contribution >= 4 is 15.8 Å². The Kier molecular flexibility index (Phi) is 6.12. The SMILES string of the molecule is Cc1ccc(S(=O)(=O)NCC(C)(C)O)cc1-c1cnc(N)c(-c2nc(C(C)C)no2)n1. The summed E-state index contributed by atoms with van der Waals surface area (Å²) in [4.78, 5) is 13.0. The van der Waals surface area contributed by atoms with E-state index in [0.29, 0.717) is 17.1 Å². The molecule has 0 amide bonds. The number of aliphatic hydroxyl groups is 1. The molecule has 2 aromatic heterocycles. The lowest BCUT2D eigenvalue weighted by Crippen LogP contribution is -2.38. The predicted molar refractivity (Wildman–Crippen MR) is 115 cm³/mol. The van der Waals surface area contributed by atoms with E-state index in [1.807, 2.05) is 20.8 Å². The molecule has 166 valence electrons. The molecule has 0 atom stereocenters. The lowest BCUT2D eigenvalue weighted by molar-refractivity contribution is 0.0857. The van der Waals surface area contributed by atoms with Gasteiger partial charge in [0.1, 0.15) is 0 Å². The number of anilines is 1. The molecule has 11 heteroatoms. The van der Waals surface area contributed by atoms with Crippen LogP contribution in [0.25, 0.3) is 22.8 Å². The van der Waals surface area contributed by atoms with Crippen LogP contribution in [0.4, 0.5) is 5.82 Å². The second-order valence-electron chi connectivity index (χ2n) is 8.22. The number of nitrogen functional groups attached to an aromatic ring is 1. The van der Waals surface area contributed by atoms with Crippen LogP contribution in [0.15, 0.2) is 33.8 Å². The van der Waals surface area contributed by atoms with E-state index in [-0.39, 0.29) is 34.8 Å². The highest BCUT2D eigenvalue weighted by molar-refractivity contribution is 7.89. The number of nitrogens with zero attached hydrogens (tertiary/aromatic N) is 4. The van der Waals surface area contributed by atoms with E-state index in [9.17, 15) is 13.5 Å². The molecule has 0 radical (unpaired) electrons. The van der Waals surface area contributed by atoms with Crippen LogP contribution in [0.3, 0.4) is 0 Å². The minimum absolute atomic E-state index is 0.0393. The largest absolute Gasteiger partial charge is 0.389 e. The predicted octanol–water partition coefficient (Wildman–Crippen LogP) is 2.26. The van der Waals surface area contributed by atoms with Gasteiger partial charge in [-0.05, 0) is 38.5 Å². The van der Waals surface area contributed by atoms with Gasteiger partial charge in [-0.2, -0.15) is 4.98 Å². The zero-order valence-electron chi connectivity index (χ0n) is 18.0. The molecule has 2 heterocycles. The Balaban J connectivity index is 2.02. The third-order valence-corrected chi connectivity index (χ3v) is 5.85. The number of rotatable bonds is 7. The van der Waals surface area contributed by atoms with Crippen molar-refractivity contribution in [2.45, 2.75) is 51.0 Å². The van der Waals surface area contributed by atoms with Gasteiger partial charge in [-0.3, -0.25) is 0 Å². The van der Waals surface area contributed by atoms with Crippen molar-refractivity contribution in [2.24, 2.45) is 0 Å². The number of nitrogens with two attached hydrogens (primary N) is 1. The first-order valence-electron chi connectivity index (χ1n) is 9.67. The van der Waals surface area contributed by atoms with E-state index < -0.39 is 15.6 Å². The van der Waals surface area contributed by atoms with E-state index in [1.54, 1.807) is 6.07 Å². The fraction of sp³-hybridized carbons (Fsp3) is 0.400. The third kappa shape index (κ3) is 5.24. The molecule has 31 heavy (non-hydrogen) atoms. The summed E-state index contributed by atoms with van der Waals surface area (Å²) in [6.07, 6.45) is 1.46. The van der Waals surface area contributed by atoms with Gasteiger partial charge >= 0.3 is 0 Å². The number of aryl methyl sites for hydroxylation is 1. The number of sulfonamides is 1. The molecule has 0 unspecified atom stereocenters. The zero-order chi connectivity index (χ0) is 23.0. The van der Waals surface area contributed by atoms with E-state index in [0.717, 1.165) is 5.56 Å². The molecule has 3 aromatic rings. The Bertz CT molecular complexity index is 1200. The molecule has 0 bridgehead atoms. The summed E-state index contributed by atoms with van der Waals surface area (Å²) in [6.45, 7) is 8.60. The lowest BCUT2D eigenvalue weighted by Gasteiger charge is -2.18. The maximum absolute atomic E-state index is 12.7. The summed E-state index contributed by atoms with van der Waals surface area (Å²) >= 11 is 0. The fourth-order valence-electron chi connectivity index (χ4n) is 2.65. The average Bonchev–Trinajstić information content (AvgIpc) is 3.17. The van der Waals surface area contributed by atoms with Crippen molar-refractivity contribution < 1.29 is 18.0 Å². The van der Waals surface area contributed by atoms with Crippen LogP contribution in [-0.4, -0.2) is 45.8 Å². The van der Waals surface area contributed by atoms with Gasteiger partial charge in [0.2, 0.25) is 10.0 Å². The van der Waals surface area contributed by atoms with Crippen molar-refractivity contribution in [1.29, 1.82) is 0 Å². The van der Waals surface area contributed by atoms with Gasteiger partial charge in [0.05, 0.1) is 22.4 Å². The number of aromatic nitrogens is 4. The zero-order valence-corrected chi connectivity index (χ0v) is 18.9. The highest BCUT2D eigenvalue weighted by Crippen LogP contribution is 2.29. The van der Waals surface area contributed by atoms with Crippen molar-refractivity contribution in [3.05, 3.63) is 35.8 Å². The maximum atomic E-state index is 12.7. The second kappa shape index (κ2) is 8.33. The Morgan fingerprint density at radius 2 is 1.97 bits per heavy atom. The molecule has 10 nitrogen and oxygen atoms in total. The monoisotopic (exact) mass is 446 g/mol. The van der Waals surface area contributed by atoms with Crippen molar-refractivity contribution in [1.82, 2.24) is 24.8 Å². The van der Waals surface area contributed by atoms with E-state index in [1.165, 1.54) is 32.2 Å². The Morgan fingerprint density at radius 1 is 1.26 bits per heavy atom. The topological polar surface area (TPSA) is 157 Å². The third-order valence-electron chi connectivity index (χ3n) is 4.45. The molecule has 4 N–H and O–H groups in total. The van der Waals surface area contributed by atoms with Gasteiger partial charge in [-0.1, -0.05) is 25.1 Å². The number of hydrogen-bond acceptors (Lipinski definition) is 9. The summed E-state index contributed by atoms with van der Waals surface area (Å²) in [6, 6.07) is 4.67. The second-order valence-corrected chi connectivity index (χ2v) is 9.98. The highest BCUT2D eigenvalue weighted by atomic mass is 32.2. The molecule has 3 rings (SSSR count). The maximum Gasteiger partial charge on any atom is 0.280 e. The summed E-state index contributed by atoms with van der Waals surface area (Å²) < 4.78 is 33.0. The van der Waals surface area contributed by atoms with Crippen molar-refractivity contribution in [3.63, 3.8) is 0 Å².